The number of nitrogens with two attached hydrogens (primary N) is 1. The number of halogens is 2. The third kappa shape index (κ3) is 2.65. The summed E-state index contributed by atoms with van der Waals surface area (Å²) in [6, 6.07) is 9.36. The number of pyridine rings is 1. The first-order valence-electron chi connectivity index (χ1n) is 7.86. The molecule has 0 aliphatic heterocycles. The van der Waals surface area contributed by atoms with Crippen molar-refractivity contribution in [3.05, 3.63) is 59.9 Å². The number of anilines is 1. The number of rotatable bonds is 3. The van der Waals surface area contributed by atoms with Crippen LogP contribution in [0.3, 0.4) is 0 Å². The number of alkyl halides is 1. The molecule has 8 heteroatoms. The molecule has 4 rings (SSSR count). The summed E-state index contributed by atoms with van der Waals surface area (Å²) in [6.45, 7) is 1.10. The lowest BCUT2D eigenvalue weighted by molar-refractivity contribution is 0.475. The molecule has 0 saturated carbocycles. The van der Waals surface area contributed by atoms with Crippen LogP contribution >= 0.6 is 0 Å². The number of aryl methyl sites for hydroxylation is 1. The molecule has 0 amide bonds. The topological polar surface area (TPSA) is 82.0 Å². The zero-order chi connectivity index (χ0) is 18.3. The molecule has 26 heavy (non-hydrogen) atoms. The molecule has 2 N–H and O–H groups in total. The third-order valence-corrected chi connectivity index (χ3v) is 4.03. The molecule has 0 fully saturated rings. The van der Waals surface area contributed by atoms with Gasteiger partial charge in [-0.05, 0) is 48.9 Å². The lowest BCUT2D eigenvalue weighted by Crippen LogP contribution is -2.04. The quantitative estimate of drug-likeness (QED) is 0.611. The van der Waals surface area contributed by atoms with Crippen LogP contribution in [-0.4, -0.2) is 24.6 Å². The molecule has 0 radical (unpaired) electrons. The van der Waals surface area contributed by atoms with E-state index in [0.717, 1.165) is 0 Å². The number of nitrogen functional groups attached to an aromatic ring is 1. The van der Waals surface area contributed by atoms with Crippen LogP contribution in [-0.2, 0) is 6.67 Å². The molecular formula is C18H14F2N6. The number of hydrogen-bond acceptors (Lipinski definition) is 5. The van der Waals surface area contributed by atoms with Gasteiger partial charge in [0.1, 0.15) is 18.8 Å². The van der Waals surface area contributed by atoms with Crippen molar-refractivity contribution in [2.75, 3.05) is 5.73 Å². The Morgan fingerprint density at radius 1 is 1.08 bits per heavy atom. The average molecular weight is 352 g/mol. The highest BCUT2D eigenvalue weighted by Gasteiger charge is 2.19. The summed E-state index contributed by atoms with van der Waals surface area (Å²) in [4.78, 5) is 8.62. The minimum absolute atomic E-state index is 0.199. The van der Waals surface area contributed by atoms with E-state index >= 15 is 0 Å². The van der Waals surface area contributed by atoms with Crippen LogP contribution in [0.15, 0.2) is 42.7 Å². The van der Waals surface area contributed by atoms with Crippen molar-refractivity contribution in [1.82, 2.24) is 24.6 Å². The van der Waals surface area contributed by atoms with Crippen LogP contribution in [0, 0.1) is 12.7 Å². The van der Waals surface area contributed by atoms with Crippen molar-refractivity contribution >= 4 is 11.6 Å². The van der Waals surface area contributed by atoms with Gasteiger partial charge in [-0.15, -0.1) is 10.2 Å². The van der Waals surface area contributed by atoms with E-state index in [1.807, 2.05) is 6.07 Å². The van der Waals surface area contributed by atoms with Gasteiger partial charge in [0.05, 0.1) is 17.0 Å². The molecule has 3 aromatic heterocycles. The van der Waals surface area contributed by atoms with Crippen LogP contribution in [0.5, 0.6) is 0 Å². The minimum Gasteiger partial charge on any atom is -0.369 e. The molecule has 4 aromatic rings. The summed E-state index contributed by atoms with van der Waals surface area (Å²) in [5.74, 6) is -0.157. The number of fused-ring (bicyclic) bond motifs is 1. The molecule has 130 valence electrons. The van der Waals surface area contributed by atoms with Crippen molar-refractivity contribution in [3.63, 3.8) is 0 Å². The van der Waals surface area contributed by atoms with Gasteiger partial charge in [-0.2, -0.15) is 0 Å². The lowest BCUT2D eigenvalue weighted by atomic mass is 9.99. The fourth-order valence-corrected chi connectivity index (χ4v) is 2.94. The van der Waals surface area contributed by atoms with Crippen LogP contribution in [0.4, 0.5) is 14.7 Å². The number of hydrogen-bond donors (Lipinski definition) is 1. The highest BCUT2D eigenvalue weighted by molar-refractivity contribution is 5.90. The summed E-state index contributed by atoms with van der Waals surface area (Å²) < 4.78 is 28.1. The van der Waals surface area contributed by atoms with E-state index in [9.17, 15) is 8.78 Å². The average Bonchev–Trinajstić information content (AvgIpc) is 3.12. The van der Waals surface area contributed by atoms with Crippen molar-refractivity contribution in [2.45, 2.75) is 13.6 Å². The van der Waals surface area contributed by atoms with Crippen LogP contribution < -0.4 is 5.73 Å². The molecule has 0 saturated heterocycles. The van der Waals surface area contributed by atoms with Gasteiger partial charge >= 0.3 is 0 Å². The van der Waals surface area contributed by atoms with Crippen molar-refractivity contribution in [1.29, 1.82) is 0 Å². The molecule has 3 heterocycles. The minimum atomic E-state index is -0.689. The zero-order valence-corrected chi connectivity index (χ0v) is 13.8. The maximum absolute atomic E-state index is 13.3. The van der Waals surface area contributed by atoms with E-state index in [2.05, 4.69) is 20.2 Å². The van der Waals surface area contributed by atoms with Gasteiger partial charge in [0.25, 0.3) is 0 Å². The van der Waals surface area contributed by atoms with E-state index < -0.39 is 6.67 Å². The molecule has 6 nitrogen and oxygen atoms in total. The summed E-state index contributed by atoms with van der Waals surface area (Å²) >= 11 is 0. The summed E-state index contributed by atoms with van der Waals surface area (Å²) in [6.07, 6.45) is 1.46. The molecule has 1 aromatic carbocycles. The Balaban J connectivity index is 2.08. The van der Waals surface area contributed by atoms with E-state index in [4.69, 9.17) is 5.73 Å². The standard InChI is InChI=1S/C18H14F2N6/c1-10-6-12(7-14(8-19)23-10)15-16(11-2-4-13(20)5-3-11)24-18(21)26-9-22-25-17(15)26/h2-7,9H,8H2,1H3,(H2,21,24). The normalized spacial score (nSPS) is 11.2. The molecule has 0 bridgehead atoms. The Morgan fingerprint density at radius 3 is 2.58 bits per heavy atom. The first-order chi connectivity index (χ1) is 12.6. The molecule has 0 atom stereocenters. The maximum atomic E-state index is 13.3. The van der Waals surface area contributed by atoms with Gasteiger partial charge in [-0.3, -0.25) is 9.38 Å². The second-order valence-electron chi connectivity index (χ2n) is 5.85. The van der Waals surface area contributed by atoms with Gasteiger partial charge in [-0.1, -0.05) is 0 Å². The number of benzene rings is 1. The molecule has 0 aliphatic rings. The highest BCUT2D eigenvalue weighted by atomic mass is 19.1. The summed E-state index contributed by atoms with van der Waals surface area (Å²) in [7, 11) is 0. The van der Waals surface area contributed by atoms with Crippen LogP contribution in [0.1, 0.15) is 11.4 Å². The van der Waals surface area contributed by atoms with Crippen LogP contribution in [0.25, 0.3) is 28.0 Å². The Morgan fingerprint density at radius 2 is 1.85 bits per heavy atom. The first kappa shape index (κ1) is 16.1. The Hall–Kier alpha value is -3.42. The third-order valence-electron chi connectivity index (χ3n) is 4.03. The number of aromatic nitrogens is 5. The maximum Gasteiger partial charge on any atom is 0.207 e. The lowest BCUT2D eigenvalue weighted by Gasteiger charge is -2.13. The molecular weight excluding hydrogens is 338 g/mol. The second kappa shape index (κ2) is 6.14. The summed E-state index contributed by atoms with van der Waals surface area (Å²) in [5.41, 5.74) is 9.97. The smallest absolute Gasteiger partial charge is 0.207 e. The van der Waals surface area contributed by atoms with Gasteiger partial charge in [0.15, 0.2) is 5.65 Å². The second-order valence-corrected chi connectivity index (χ2v) is 5.85. The van der Waals surface area contributed by atoms with E-state index in [1.54, 1.807) is 29.5 Å². The monoisotopic (exact) mass is 352 g/mol. The van der Waals surface area contributed by atoms with Crippen molar-refractivity contribution in [3.8, 4) is 22.4 Å². The fourth-order valence-electron chi connectivity index (χ4n) is 2.94. The predicted octanol–water partition coefficient (Wildman–Crippen LogP) is 3.35. The van der Waals surface area contributed by atoms with Gasteiger partial charge in [0.2, 0.25) is 5.95 Å². The fraction of sp³-hybridized carbons (Fsp3) is 0.111. The molecule has 0 unspecified atom stereocenters. The zero-order valence-electron chi connectivity index (χ0n) is 13.8. The molecule has 0 spiro atoms. The Labute approximate surface area is 147 Å². The largest absolute Gasteiger partial charge is 0.369 e. The van der Waals surface area contributed by atoms with Gasteiger partial charge in [-0.25, -0.2) is 13.8 Å². The highest BCUT2D eigenvalue weighted by Crippen LogP contribution is 2.35. The van der Waals surface area contributed by atoms with E-state index in [1.165, 1.54) is 18.5 Å². The predicted molar refractivity (Wildman–Crippen MR) is 93.4 cm³/mol. The summed E-state index contributed by atoms with van der Waals surface area (Å²) in [5, 5.41) is 8.05. The van der Waals surface area contributed by atoms with Gasteiger partial charge in [0, 0.05) is 11.3 Å². The van der Waals surface area contributed by atoms with E-state index in [0.29, 0.717) is 39.4 Å². The van der Waals surface area contributed by atoms with Crippen LogP contribution in [0.2, 0.25) is 0 Å². The van der Waals surface area contributed by atoms with Crippen molar-refractivity contribution in [2.24, 2.45) is 0 Å². The Kier molecular flexibility index (Phi) is 3.80. The first-order valence-corrected chi connectivity index (χ1v) is 7.86. The Bertz CT molecular complexity index is 1100. The number of nitrogens with zero attached hydrogens (tertiary/aromatic N) is 5. The van der Waals surface area contributed by atoms with Gasteiger partial charge < -0.3 is 5.73 Å². The van der Waals surface area contributed by atoms with E-state index in [-0.39, 0.29) is 11.8 Å². The van der Waals surface area contributed by atoms with Crippen molar-refractivity contribution < 1.29 is 8.78 Å². The SMILES string of the molecule is Cc1cc(-c2c(-c3ccc(F)cc3)nc(N)n3cnnc23)cc(CF)n1. The molecule has 0 aliphatic carbocycles.